The van der Waals surface area contributed by atoms with Gasteiger partial charge in [0.1, 0.15) is 18.1 Å². The van der Waals surface area contributed by atoms with E-state index in [1.54, 1.807) is 42.1 Å². The second kappa shape index (κ2) is 19.9. The molecule has 0 bridgehead atoms. The quantitative estimate of drug-likeness (QED) is 0.0165. The van der Waals surface area contributed by atoms with Crippen LogP contribution in [-0.4, -0.2) is 122 Å². The number of nitrogens with one attached hydrogen (secondary N) is 3. The van der Waals surface area contributed by atoms with Crippen molar-refractivity contribution in [3.63, 3.8) is 0 Å². The highest BCUT2D eigenvalue weighted by molar-refractivity contribution is 7.46. The molecule has 3 aliphatic carbocycles. The molecule has 5 amide bonds. The number of phosphoric acid groups is 1. The van der Waals surface area contributed by atoms with Gasteiger partial charge in [-0.1, -0.05) is 60.7 Å². The Hall–Kier alpha value is -6.14. The molecule has 3 saturated carbocycles. The normalized spacial score (nSPS) is 23.1. The molecule has 5 N–H and O–H groups in total. The Morgan fingerprint density at radius 3 is 1.82 bits per heavy atom. The van der Waals surface area contributed by atoms with Gasteiger partial charge in [0.25, 0.3) is 0 Å². The number of carbonyl (C=O) groups excluding carboxylic acids is 5. The zero-order chi connectivity index (χ0) is 52.3. The van der Waals surface area contributed by atoms with Crippen LogP contribution >= 0.6 is 31.0 Å². The number of likely N-dealkylation sites (N-methyl/N-ethyl adjacent to an activating group) is 2. The third-order valence-corrected chi connectivity index (χ3v) is 17.2. The van der Waals surface area contributed by atoms with Gasteiger partial charge in [-0.25, -0.2) is 14.2 Å². The van der Waals surface area contributed by atoms with Crippen molar-refractivity contribution >= 4 is 100 Å². The number of hydrogen-bond donors (Lipinski definition) is 5. The lowest BCUT2D eigenvalue weighted by Gasteiger charge is -2.37. The largest absolute Gasteiger partial charge is 0.524 e. The molecule has 1 spiro atoms. The Labute approximate surface area is 437 Å². The van der Waals surface area contributed by atoms with E-state index in [0.29, 0.717) is 59.8 Å². The fraction of sp³-hybridized carbons (Fsp3) is 0.415. The number of anilines is 3. The van der Waals surface area contributed by atoms with E-state index in [2.05, 4.69) is 16.0 Å². The number of rotatable bonds is 20. The molecule has 5 aromatic carbocycles. The van der Waals surface area contributed by atoms with Gasteiger partial charge in [-0.05, 0) is 85.3 Å². The number of nitrogens with zero attached hydrogens (tertiary/aromatic N) is 4. The van der Waals surface area contributed by atoms with Crippen molar-refractivity contribution in [1.29, 1.82) is 0 Å². The summed E-state index contributed by atoms with van der Waals surface area (Å²) in [6, 6.07) is 25.2. The average molecular weight is 1070 g/mol. The first-order chi connectivity index (χ1) is 35.5. The number of carbonyl (C=O) groups is 5. The second-order valence-corrected chi connectivity index (χ2v) is 22.1. The molecule has 5 aliphatic rings. The average Bonchev–Trinajstić information content (AvgIpc) is 4.00. The molecule has 10 rings (SSSR count). The van der Waals surface area contributed by atoms with Gasteiger partial charge in [0.05, 0.1) is 28.4 Å². The van der Waals surface area contributed by atoms with Crippen molar-refractivity contribution < 1.29 is 52.3 Å². The minimum absolute atomic E-state index is 0.0275. The van der Waals surface area contributed by atoms with Gasteiger partial charge in [0.15, 0.2) is 0 Å². The predicted molar refractivity (Wildman–Crippen MR) is 281 cm³/mol. The van der Waals surface area contributed by atoms with Crippen LogP contribution in [0, 0.1) is 16.2 Å². The van der Waals surface area contributed by atoms with E-state index < -0.39 is 36.3 Å². The topological polar surface area (TPSA) is 220 Å². The van der Waals surface area contributed by atoms with E-state index in [1.165, 1.54) is 15.9 Å². The summed E-state index contributed by atoms with van der Waals surface area (Å²) in [7, 11) is 0.0734. The van der Waals surface area contributed by atoms with Crippen LogP contribution in [0.5, 0.6) is 11.5 Å². The monoisotopic (exact) mass is 1070 g/mol. The Morgan fingerprint density at radius 2 is 1.31 bits per heavy atom. The lowest BCUT2D eigenvalue weighted by atomic mass is 9.72. The number of fused-ring (bicyclic) bond motifs is 6. The van der Waals surface area contributed by atoms with Crippen LogP contribution in [0.4, 0.5) is 26.7 Å². The molecule has 74 heavy (non-hydrogen) atoms. The molecule has 6 unspecified atom stereocenters. The Balaban J connectivity index is 0.796. The number of ether oxygens (including phenoxy) is 2. The molecule has 0 saturated heterocycles. The summed E-state index contributed by atoms with van der Waals surface area (Å²) in [5.41, 5.74) is 2.29. The van der Waals surface area contributed by atoms with Crippen LogP contribution in [0.2, 0.25) is 0 Å². The van der Waals surface area contributed by atoms with Gasteiger partial charge in [-0.2, -0.15) is 0 Å². The van der Waals surface area contributed by atoms with Gasteiger partial charge >= 0.3 is 20.0 Å². The van der Waals surface area contributed by atoms with Crippen molar-refractivity contribution in [2.75, 3.05) is 80.7 Å². The van der Waals surface area contributed by atoms with Gasteiger partial charge in [0, 0.05) is 97.9 Å². The number of halogens is 2. The fourth-order valence-corrected chi connectivity index (χ4v) is 13.1. The van der Waals surface area contributed by atoms with Gasteiger partial charge in [-0.3, -0.25) is 24.2 Å². The van der Waals surface area contributed by atoms with Crippen molar-refractivity contribution in [3.8, 4) is 11.5 Å². The minimum Gasteiger partial charge on any atom is -0.445 e. The zero-order valence-corrected chi connectivity index (χ0v) is 43.6. The maximum atomic E-state index is 15.0. The van der Waals surface area contributed by atoms with E-state index in [1.807, 2.05) is 67.7 Å². The summed E-state index contributed by atoms with van der Waals surface area (Å²) < 4.78 is 28.9. The molecule has 390 valence electrons. The minimum atomic E-state index is -4.95. The molecule has 6 atom stereocenters. The zero-order valence-electron chi connectivity index (χ0n) is 41.1. The van der Waals surface area contributed by atoms with Crippen molar-refractivity contribution in [2.24, 2.45) is 16.2 Å². The smallest absolute Gasteiger partial charge is 0.445 e. The van der Waals surface area contributed by atoms with Gasteiger partial charge in [-0.15, -0.1) is 23.2 Å². The highest BCUT2D eigenvalue weighted by Crippen LogP contribution is 3.01. The molecule has 0 radical (unpaired) electrons. The van der Waals surface area contributed by atoms with E-state index in [-0.39, 0.29) is 79.3 Å². The standard InChI is InChI=1S/C53H58Cl2N7O11P/c1-56-18-8-13-44(57-31-63)58-35-16-14-32(15-17-35)27-71-49(66)59(2)19-20-60(3)50(67)72-42-21-40-45(38-11-6-4-9-36(38)42)33(23-54)25-61(40)47(64)51-28-52(30-53(51,52)29-51)48(65)62-26-34(24-55)46-39-12-7-5-10-37(39)43(22-41(46)62)73-74(68,69)70/h4-7,9-12,14-17,21-22,31,33-34,44,56,58H,8,13,18-20,23-30H2,1-3H3,(H,57,63)(H2,68,69,70). The second-order valence-electron chi connectivity index (χ2n) is 20.3. The molecule has 2 aliphatic heterocycles. The molecule has 0 aromatic heterocycles. The van der Waals surface area contributed by atoms with Crippen LogP contribution in [0.3, 0.4) is 0 Å². The third kappa shape index (κ3) is 8.86. The summed E-state index contributed by atoms with van der Waals surface area (Å²) in [6.07, 6.45) is 2.22. The summed E-state index contributed by atoms with van der Waals surface area (Å²) in [6.45, 7) is 1.71. The Kier molecular flexibility index (Phi) is 13.8. The van der Waals surface area contributed by atoms with E-state index in [0.717, 1.165) is 47.2 Å². The Bertz CT molecular complexity index is 3130. The number of alkyl halides is 2. The lowest BCUT2D eigenvalue weighted by Crippen LogP contribution is -2.49. The number of amides is 5. The number of benzene rings is 5. The number of phosphoric ester groups is 1. The first-order valence-corrected chi connectivity index (χ1v) is 27.3. The number of hydrogen-bond acceptors (Lipinski definition) is 11. The molecule has 3 fully saturated rings. The molecular formula is C53H58Cl2N7O11P. The van der Waals surface area contributed by atoms with Crippen LogP contribution < -0.4 is 35.0 Å². The van der Waals surface area contributed by atoms with Crippen LogP contribution in [-0.2, 0) is 30.3 Å². The van der Waals surface area contributed by atoms with Crippen molar-refractivity contribution in [2.45, 2.75) is 56.7 Å². The van der Waals surface area contributed by atoms with Crippen molar-refractivity contribution in [3.05, 3.63) is 102 Å². The summed E-state index contributed by atoms with van der Waals surface area (Å²) in [4.78, 5) is 93.5. The van der Waals surface area contributed by atoms with Crippen LogP contribution in [0.15, 0.2) is 84.9 Å². The van der Waals surface area contributed by atoms with E-state index in [4.69, 9.17) is 37.2 Å². The van der Waals surface area contributed by atoms with Gasteiger partial charge < -0.3 is 49.5 Å². The lowest BCUT2D eigenvalue weighted by molar-refractivity contribution is -0.134. The van der Waals surface area contributed by atoms with Crippen molar-refractivity contribution in [1.82, 2.24) is 20.4 Å². The molecule has 5 aromatic rings. The fourth-order valence-electron chi connectivity index (χ4n) is 12.2. The SMILES string of the molecule is CNCCCC(NC=O)Nc1ccc(COC(=O)N(C)CCN(C)C(=O)Oc2cc3c(c4ccccc24)C(CCl)CN3C(=O)C23CC4(C(=O)N5CC(CCl)c6c5cc(OP(=O)(O)O)c5ccccc65)CC24C3)cc1. The third-order valence-electron chi connectivity index (χ3n) is 16.0. The molecule has 2 heterocycles. The summed E-state index contributed by atoms with van der Waals surface area (Å²) in [5.74, 6) is -0.0210. The van der Waals surface area contributed by atoms with Crippen LogP contribution in [0.1, 0.15) is 60.6 Å². The van der Waals surface area contributed by atoms with E-state index >= 15 is 4.79 Å². The van der Waals surface area contributed by atoms with E-state index in [9.17, 15) is 33.5 Å². The van der Waals surface area contributed by atoms with Crippen LogP contribution in [0.25, 0.3) is 21.5 Å². The molecule has 21 heteroatoms. The highest BCUT2D eigenvalue weighted by atomic mass is 35.5. The molecular weight excluding hydrogens is 1010 g/mol. The maximum Gasteiger partial charge on any atom is 0.524 e. The summed E-state index contributed by atoms with van der Waals surface area (Å²) in [5, 5.41) is 11.8. The predicted octanol–water partition coefficient (Wildman–Crippen LogP) is 7.86. The first-order valence-electron chi connectivity index (χ1n) is 24.7. The van der Waals surface area contributed by atoms with Gasteiger partial charge in [0.2, 0.25) is 18.2 Å². The first kappa shape index (κ1) is 51.4. The molecule has 18 nitrogen and oxygen atoms in total. The highest BCUT2D eigenvalue weighted by Gasteiger charge is 3.01. The Morgan fingerprint density at radius 1 is 0.784 bits per heavy atom. The maximum absolute atomic E-state index is 15.0. The summed E-state index contributed by atoms with van der Waals surface area (Å²) >= 11 is 13.2.